The minimum absolute atomic E-state index is 0. The second kappa shape index (κ2) is 5.47. The van der Waals surface area contributed by atoms with Gasteiger partial charge in [-0.25, -0.2) is 14.4 Å². The Kier molecular flexibility index (Phi) is 4.07. The fourth-order valence-electron chi connectivity index (χ4n) is 2.06. The standard InChI is InChI=1S/C10H8F2N5O2.Ir/c11-5-1-4(2-18)19-9(5)17-3-14-6-7(13)15-10(12)16-8(6)17;/h2-5,9H,1H2,(H-,13,15,16);/q-1;. The van der Waals surface area contributed by atoms with E-state index >= 15 is 0 Å². The van der Waals surface area contributed by atoms with Crippen molar-refractivity contribution in [2.24, 2.45) is 0 Å². The van der Waals surface area contributed by atoms with Gasteiger partial charge in [0.2, 0.25) is 6.08 Å². The molecule has 2 aromatic rings. The minimum atomic E-state index is -1.43. The van der Waals surface area contributed by atoms with E-state index in [2.05, 4.69) is 15.0 Å². The fourth-order valence-corrected chi connectivity index (χ4v) is 2.06. The number of aromatic nitrogens is 4. The summed E-state index contributed by atoms with van der Waals surface area (Å²) in [4.78, 5) is 21.2. The van der Waals surface area contributed by atoms with Gasteiger partial charge in [-0.15, -0.1) is 0 Å². The Morgan fingerprint density at radius 1 is 1.50 bits per heavy atom. The molecule has 0 aromatic carbocycles. The maximum absolute atomic E-state index is 13.8. The van der Waals surface area contributed by atoms with E-state index in [0.29, 0.717) is 6.29 Å². The van der Waals surface area contributed by atoms with Gasteiger partial charge in [0.15, 0.2) is 11.9 Å². The number of hydrogen-bond acceptors (Lipinski definition) is 5. The van der Waals surface area contributed by atoms with Gasteiger partial charge in [0, 0.05) is 26.5 Å². The quantitative estimate of drug-likeness (QED) is 0.500. The van der Waals surface area contributed by atoms with Crippen molar-refractivity contribution in [2.45, 2.75) is 24.9 Å². The molecule has 0 saturated carbocycles. The molecule has 7 nitrogen and oxygen atoms in total. The van der Waals surface area contributed by atoms with E-state index in [9.17, 15) is 13.6 Å². The van der Waals surface area contributed by atoms with Gasteiger partial charge in [0.1, 0.15) is 24.1 Å². The van der Waals surface area contributed by atoms with E-state index < -0.39 is 24.6 Å². The van der Waals surface area contributed by atoms with Crippen LogP contribution in [0.1, 0.15) is 12.6 Å². The molecule has 1 radical (unpaired) electrons. The van der Waals surface area contributed by atoms with Crippen molar-refractivity contribution in [3.05, 3.63) is 18.1 Å². The molecule has 0 bridgehead atoms. The molecule has 3 unspecified atom stereocenters. The molecular formula is C10H8F2IrN5O2-. The summed E-state index contributed by atoms with van der Waals surface area (Å²) in [7, 11) is 0. The Hall–Kier alpha value is -1.51. The predicted molar refractivity (Wildman–Crippen MR) is 58.7 cm³/mol. The number of carbonyl (C=O) groups is 1. The molecule has 1 saturated heterocycles. The first kappa shape index (κ1) is 14.9. The Morgan fingerprint density at radius 3 is 2.90 bits per heavy atom. The van der Waals surface area contributed by atoms with Gasteiger partial charge in [-0.1, -0.05) is 0 Å². The number of imidazole rings is 1. The average Bonchev–Trinajstić information content (AvgIpc) is 2.92. The number of aldehydes is 1. The predicted octanol–water partition coefficient (Wildman–Crippen LogP) is 1.47. The molecule has 20 heavy (non-hydrogen) atoms. The van der Waals surface area contributed by atoms with Crippen LogP contribution in [0.4, 0.5) is 14.6 Å². The van der Waals surface area contributed by atoms with Gasteiger partial charge in [-0.3, -0.25) is 4.57 Å². The average molecular weight is 460 g/mol. The molecular weight excluding hydrogens is 452 g/mol. The van der Waals surface area contributed by atoms with E-state index in [1.165, 1.54) is 10.9 Å². The number of rotatable bonds is 2. The molecule has 2 aromatic heterocycles. The number of nitrogens with zero attached hydrogens (tertiary/aromatic N) is 4. The second-order valence-corrected chi connectivity index (χ2v) is 4.12. The third-order valence-corrected chi connectivity index (χ3v) is 2.90. The summed E-state index contributed by atoms with van der Waals surface area (Å²) in [6.45, 7) is 0. The van der Waals surface area contributed by atoms with E-state index in [4.69, 9.17) is 10.5 Å². The first-order chi connectivity index (χ1) is 9.10. The van der Waals surface area contributed by atoms with Crippen molar-refractivity contribution in [3.8, 4) is 0 Å². The first-order valence-electron chi connectivity index (χ1n) is 5.46. The minimum Gasteiger partial charge on any atom is -0.480 e. The summed E-state index contributed by atoms with van der Waals surface area (Å²) in [5.41, 5.74) is 7.47. The Balaban J connectivity index is 0.00000147. The molecule has 109 valence electrons. The van der Waals surface area contributed by atoms with Crippen LogP contribution in [0.25, 0.3) is 16.9 Å². The fraction of sp³-hybridized carbons (Fsp3) is 0.400. The number of halogens is 2. The van der Waals surface area contributed by atoms with E-state index in [0.717, 1.165) is 0 Å². The summed E-state index contributed by atoms with van der Waals surface area (Å²) < 4.78 is 33.3. The summed E-state index contributed by atoms with van der Waals surface area (Å²) in [6, 6.07) is 0. The van der Waals surface area contributed by atoms with Crippen molar-refractivity contribution >= 4 is 23.3 Å². The second-order valence-electron chi connectivity index (χ2n) is 4.12. The van der Waals surface area contributed by atoms with Crippen LogP contribution in [-0.4, -0.2) is 38.1 Å². The van der Waals surface area contributed by atoms with Crippen LogP contribution < -0.4 is 0 Å². The largest absolute Gasteiger partial charge is 0.480 e. The van der Waals surface area contributed by atoms with E-state index in [-0.39, 0.29) is 43.5 Å². The van der Waals surface area contributed by atoms with Crippen LogP contribution in [0.5, 0.6) is 0 Å². The van der Waals surface area contributed by atoms with Gasteiger partial charge in [-0.05, 0) is 5.82 Å². The van der Waals surface area contributed by atoms with Crippen molar-refractivity contribution in [3.63, 3.8) is 0 Å². The van der Waals surface area contributed by atoms with Gasteiger partial charge < -0.3 is 20.2 Å². The smallest absolute Gasteiger partial charge is 0.208 e. The van der Waals surface area contributed by atoms with Crippen molar-refractivity contribution in [1.29, 1.82) is 0 Å². The van der Waals surface area contributed by atoms with Gasteiger partial charge in [0.25, 0.3) is 0 Å². The summed E-state index contributed by atoms with van der Waals surface area (Å²) in [5, 5.41) is 0. The number of ether oxygens (including phenoxy) is 1. The normalized spacial score (nSPS) is 25.6. The monoisotopic (exact) mass is 461 g/mol. The number of fused-ring (bicyclic) bond motifs is 1. The van der Waals surface area contributed by atoms with Crippen molar-refractivity contribution in [2.75, 3.05) is 0 Å². The summed E-state index contributed by atoms with van der Waals surface area (Å²) in [6.07, 6.45) is -2.85. The molecule has 0 aliphatic carbocycles. The molecule has 0 amide bonds. The molecule has 3 atom stereocenters. The zero-order valence-electron chi connectivity index (χ0n) is 9.79. The van der Waals surface area contributed by atoms with E-state index in [1.54, 1.807) is 0 Å². The van der Waals surface area contributed by atoms with Crippen LogP contribution in [-0.2, 0) is 29.6 Å². The molecule has 1 N–H and O–H groups in total. The summed E-state index contributed by atoms with van der Waals surface area (Å²) in [5.74, 6) is -0.387. The van der Waals surface area contributed by atoms with Crippen LogP contribution in [0.3, 0.4) is 0 Å². The topological polar surface area (TPSA) is 93.7 Å². The summed E-state index contributed by atoms with van der Waals surface area (Å²) >= 11 is 0. The zero-order valence-corrected chi connectivity index (χ0v) is 12.2. The van der Waals surface area contributed by atoms with Crippen LogP contribution in [0.2, 0.25) is 0 Å². The van der Waals surface area contributed by atoms with E-state index in [1.807, 2.05) is 0 Å². The third kappa shape index (κ3) is 2.30. The van der Waals surface area contributed by atoms with Crippen LogP contribution in [0.15, 0.2) is 6.33 Å². The first-order valence-corrected chi connectivity index (χ1v) is 5.46. The van der Waals surface area contributed by atoms with Gasteiger partial charge >= 0.3 is 0 Å². The maximum atomic E-state index is 13.8. The molecule has 3 rings (SSSR count). The molecule has 0 spiro atoms. The third-order valence-electron chi connectivity index (χ3n) is 2.90. The number of alkyl halides is 1. The van der Waals surface area contributed by atoms with Crippen molar-refractivity contribution < 1.29 is 38.4 Å². The van der Waals surface area contributed by atoms with Crippen molar-refractivity contribution in [1.82, 2.24) is 19.5 Å². The van der Waals surface area contributed by atoms with Crippen LogP contribution in [0, 0.1) is 6.08 Å². The van der Waals surface area contributed by atoms with Gasteiger partial charge in [0.05, 0.1) is 6.33 Å². The molecule has 1 aliphatic heterocycles. The zero-order chi connectivity index (χ0) is 13.6. The van der Waals surface area contributed by atoms with Gasteiger partial charge in [-0.2, -0.15) is 4.39 Å². The number of carbonyl (C=O) groups excluding carboxylic acids is 1. The Morgan fingerprint density at radius 2 is 2.25 bits per heavy atom. The molecule has 10 heteroatoms. The molecule has 3 heterocycles. The van der Waals surface area contributed by atoms with Crippen LogP contribution >= 0.6 is 0 Å². The molecule has 1 aliphatic rings. The number of nitrogens with one attached hydrogen (secondary N) is 1. The Bertz CT molecular complexity index is 652. The molecule has 1 fully saturated rings. The Labute approximate surface area is 124 Å². The maximum Gasteiger partial charge on any atom is 0.208 e. The SMILES string of the molecule is [Ir].[NH-]c1nc(F)nc2c1ncn2C1OC(C=O)CC1F. The number of hydrogen-bond donors (Lipinski definition) is 0.